The van der Waals surface area contributed by atoms with Gasteiger partial charge in [-0.3, -0.25) is 4.79 Å². The fourth-order valence-electron chi connectivity index (χ4n) is 2.85. The minimum Gasteiger partial charge on any atom is -0.497 e. The molecule has 158 valence electrons. The number of ether oxygens (including phenoxy) is 2. The summed E-state index contributed by atoms with van der Waals surface area (Å²) in [5, 5.41) is 5.95. The molecule has 0 saturated heterocycles. The SMILES string of the molecule is COc1ccc(NC(=O)CSCc2csc(-c3ccc(C(C)C)cc3)n2)c(OC)c1. The quantitative estimate of drug-likeness (QED) is 0.452. The molecule has 1 amide bonds. The highest BCUT2D eigenvalue weighted by Crippen LogP contribution is 2.30. The Morgan fingerprint density at radius 2 is 1.90 bits per heavy atom. The fourth-order valence-corrected chi connectivity index (χ4v) is 4.50. The molecular weight excluding hydrogens is 416 g/mol. The summed E-state index contributed by atoms with van der Waals surface area (Å²) in [5.74, 6) is 2.71. The summed E-state index contributed by atoms with van der Waals surface area (Å²) in [6.07, 6.45) is 0. The molecule has 0 bridgehead atoms. The number of carbonyl (C=O) groups excluding carboxylic acids is 1. The van der Waals surface area contributed by atoms with Gasteiger partial charge in [-0.15, -0.1) is 23.1 Å². The maximum absolute atomic E-state index is 12.3. The van der Waals surface area contributed by atoms with E-state index in [1.807, 2.05) is 0 Å². The lowest BCUT2D eigenvalue weighted by Crippen LogP contribution is -2.14. The number of anilines is 1. The zero-order chi connectivity index (χ0) is 21.5. The van der Waals surface area contributed by atoms with Crippen molar-refractivity contribution in [2.75, 3.05) is 25.3 Å². The van der Waals surface area contributed by atoms with Crippen molar-refractivity contribution in [1.82, 2.24) is 4.98 Å². The molecule has 1 N–H and O–H groups in total. The number of rotatable bonds is 9. The number of benzene rings is 2. The Labute approximate surface area is 185 Å². The second kappa shape index (κ2) is 10.5. The van der Waals surface area contributed by atoms with Crippen molar-refractivity contribution in [2.24, 2.45) is 0 Å². The second-order valence-corrected chi connectivity index (χ2v) is 8.87. The highest BCUT2D eigenvalue weighted by Gasteiger charge is 2.11. The average molecular weight is 443 g/mol. The van der Waals surface area contributed by atoms with E-state index in [0.717, 1.165) is 16.3 Å². The molecule has 0 atom stereocenters. The third-order valence-corrected chi connectivity index (χ3v) is 6.45. The minimum atomic E-state index is -0.0804. The van der Waals surface area contributed by atoms with Crippen LogP contribution in [0.2, 0.25) is 0 Å². The standard InChI is InChI=1S/C23H26N2O3S2/c1-15(2)16-5-7-17(8-6-16)23-24-18(13-30-23)12-29-14-22(26)25-20-10-9-19(27-3)11-21(20)28-4/h5-11,13,15H,12,14H2,1-4H3,(H,25,26). The van der Waals surface area contributed by atoms with E-state index in [-0.39, 0.29) is 5.91 Å². The lowest BCUT2D eigenvalue weighted by molar-refractivity contribution is -0.113. The first-order valence-corrected chi connectivity index (χ1v) is 11.7. The lowest BCUT2D eigenvalue weighted by Gasteiger charge is -2.11. The van der Waals surface area contributed by atoms with E-state index in [9.17, 15) is 4.79 Å². The summed E-state index contributed by atoms with van der Waals surface area (Å²) < 4.78 is 10.5. The van der Waals surface area contributed by atoms with E-state index in [2.05, 4.69) is 48.8 Å². The van der Waals surface area contributed by atoms with E-state index < -0.39 is 0 Å². The van der Waals surface area contributed by atoms with Gasteiger partial charge in [0.05, 0.1) is 31.4 Å². The number of nitrogens with zero attached hydrogens (tertiary/aromatic N) is 1. The Morgan fingerprint density at radius 3 is 2.57 bits per heavy atom. The first-order chi connectivity index (χ1) is 14.5. The van der Waals surface area contributed by atoms with Crippen molar-refractivity contribution in [3.05, 3.63) is 59.1 Å². The zero-order valence-corrected chi connectivity index (χ0v) is 19.2. The van der Waals surface area contributed by atoms with Crippen molar-refractivity contribution in [1.29, 1.82) is 0 Å². The van der Waals surface area contributed by atoms with Crippen LogP contribution in [0.3, 0.4) is 0 Å². The first-order valence-electron chi connectivity index (χ1n) is 9.64. The van der Waals surface area contributed by atoms with Crippen LogP contribution in [0.15, 0.2) is 47.8 Å². The molecule has 3 aromatic rings. The van der Waals surface area contributed by atoms with Crippen LogP contribution >= 0.6 is 23.1 Å². The molecule has 5 nitrogen and oxygen atoms in total. The molecule has 3 rings (SSSR count). The summed E-state index contributed by atoms with van der Waals surface area (Å²) in [4.78, 5) is 17.0. The summed E-state index contributed by atoms with van der Waals surface area (Å²) in [7, 11) is 3.16. The normalized spacial score (nSPS) is 10.8. The zero-order valence-electron chi connectivity index (χ0n) is 17.6. The second-order valence-electron chi connectivity index (χ2n) is 7.03. The fraction of sp³-hybridized carbons (Fsp3) is 0.304. The highest BCUT2D eigenvalue weighted by molar-refractivity contribution is 7.99. The predicted molar refractivity (Wildman–Crippen MR) is 126 cm³/mol. The van der Waals surface area contributed by atoms with Gasteiger partial charge in [-0.25, -0.2) is 4.98 Å². The number of methoxy groups -OCH3 is 2. The van der Waals surface area contributed by atoms with Gasteiger partial charge in [-0.1, -0.05) is 38.1 Å². The summed E-state index contributed by atoms with van der Waals surface area (Å²) >= 11 is 3.17. The molecule has 0 fully saturated rings. The van der Waals surface area contributed by atoms with E-state index in [1.54, 1.807) is 43.8 Å². The lowest BCUT2D eigenvalue weighted by atomic mass is 10.0. The van der Waals surface area contributed by atoms with Crippen LogP contribution in [0, 0.1) is 0 Å². The first kappa shape index (κ1) is 22.2. The van der Waals surface area contributed by atoms with Gasteiger partial charge >= 0.3 is 0 Å². The molecule has 0 saturated carbocycles. The summed E-state index contributed by atoms with van der Waals surface area (Å²) in [6.45, 7) is 4.38. The maximum atomic E-state index is 12.3. The molecule has 2 aromatic carbocycles. The van der Waals surface area contributed by atoms with Crippen LogP contribution in [-0.2, 0) is 10.5 Å². The summed E-state index contributed by atoms with van der Waals surface area (Å²) in [6, 6.07) is 13.9. The van der Waals surface area contributed by atoms with Crippen LogP contribution < -0.4 is 14.8 Å². The minimum absolute atomic E-state index is 0.0804. The van der Waals surface area contributed by atoms with Crippen molar-refractivity contribution < 1.29 is 14.3 Å². The third-order valence-electron chi connectivity index (χ3n) is 4.54. The number of nitrogens with one attached hydrogen (secondary N) is 1. The van der Waals surface area contributed by atoms with Crippen molar-refractivity contribution in [2.45, 2.75) is 25.5 Å². The number of amides is 1. The Hall–Kier alpha value is -2.51. The summed E-state index contributed by atoms with van der Waals surface area (Å²) in [5.41, 5.74) is 4.07. The Kier molecular flexibility index (Phi) is 7.76. The van der Waals surface area contributed by atoms with Gasteiger partial charge in [-0.05, 0) is 23.6 Å². The van der Waals surface area contributed by atoms with Gasteiger partial charge in [0.15, 0.2) is 0 Å². The third kappa shape index (κ3) is 5.77. The smallest absolute Gasteiger partial charge is 0.234 e. The Balaban J connectivity index is 1.51. The molecule has 30 heavy (non-hydrogen) atoms. The van der Waals surface area contributed by atoms with Gasteiger partial charge in [-0.2, -0.15) is 0 Å². The van der Waals surface area contributed by atoms with Gasteiger partial charge in [0.2, 0.25) is 5.91 Å². The number of thioether (sulfide) groups is 1. The molecule has 0 aliphatic carbocycles. The molecule has 0 spiro atoms. The predicted octanol–water partition coefficient (Wildman–Crippen LogP) is 5.82. The molecule has 0 unspecified atom stereocenters. The van der Waals surface area contributed by atoms with E-state index in [4.69, 9.17) is 14.5 Å². The molecule has 1 heterocycles. The number of thiazole rings is 1. The molecular formula is C23H26N2O3S2. The van der Waals surface area contributed by atoms with Gasteiger partial charge in [0.1, 0.15) is 16.5 Å². The van der Waals surface area contributed by atoms with Crippen molar-refractivity contribution >= 4 is 34.7 Å². The number of carbonyl (C=O) groups is 1. The van der Waals surface area contributed by atoms with E-state index >= 15 is 0 Å². The van der Waals surface area contributed by atoms with Crippen LogP contribution in [0.4, 0.5) is 5.69 Å². The topological polar surface area (TPSA) is 60.5 Å². The van der Waals surface area contributed by atoms with Gasteiger partial charge in [0, 0.05) is 22.8 Å². The maximum Gasteiger partial charge on any atom is 0.234 e. The van der Waals surface area contributed by atoms with E-state index in [1.165, 1.54) is 17.3 Å². The molecule has 7 heteroatoms. The van der Waals surface area contributed by atoms with Crippen LogP contribution in [0.25, 0.3) is 10.6 Å². The number of aromatic nitrogens is 1. The Bertz CT molecular complexity index is 984. The highest BCUT2D eigenvalue weighted by atomic mass is 32.2. The molecule has 0 aliphatic heterocycles. The molecule has 1 aromatic heterocycles. The molecule has 0 radical (unpaired) electrons. The van der Waals surface area contributed by atoms with Crippen LogP contribution in [-0.4, -0.2) is 30.9 Å². The number of hydrogen-bond donors (Lipinski definition) is 1. The van der Waals surface area contributed by atoms with Crippen LogP contribution in [0.5, 0.6) is 11.5 Å². The average Bonchev–Trinajstić information content (AvgIpc) is 3.23. The van der Waals surface area contributed by atoms with Gasteiger partial charge < -0.3 is 14.8 Å². The largest absolute Gasteiger partial charge is 0.497 e. The monoisotopic (exact) mass is 442 g/mol. The number of hydrogen-bond acceptors (Lipinski definition) is 6. The van der Waals surface area contributed by atoms with Crippen molar-refractivity contribution in [3.63, 3.8) is 0 Å². The Morgan fingerprint density at radius 1 is 1.13 bits per heavy atom. The molecule has 0 aliphatic rings. The van der Waals surface area contributed by atoms with E-state index in [0.29, 0.717) is 34.6 Å². The van der Waals surface area contributed by atoms with Crippen molar-refractivity contribution in [3.8, 4) is 22.1 Å². The van der Waals surface area contributed by atoms with Gasteiger partial charge in [0.25, 0.3) is 0 Å². The van der Waals surface area contributed by atoms with Crippen LogP contribution in [0.1, 0.15) is 31.0 Å².